The summed E-state index contributed by atoms with van der Waals surface area (Å²) in [5, 5.41) is 10.3. The van der Waals surface area contributed by atoms with Crippen LogP contribution in [0.25, 0.3) is 16.6 Å². The average Bonchev–Trinajstić information content (AvgIpc) is 2.81. The SMILES string of the molecule is Cc1cccc2c1cc(C(=O)O)n2-c1ccc(F)cc1. The lowest BCUT2D eigenvalue weighted by Crippen LogP contribution is -2.06. The second-order valence-electron chi connectivity index (χ2n) is 4.65. The van der Waals surface area contributed by atoms with E-state index in [9.17, 15) is 14.3 Å². The molecule has 0 unspecified atom stereocenters. The number of nitrogens with zero attached hydrogens (tertiary/aromatic N) is 1. The molecule has 0 bridgehead atoms. The molecule has 4 heteroatoms. The number of fused-ring (bicyclic) bond motifs is 1. The van der Waals surface area contributed by atoms with Crippen LogP contribution >= 0.6 is 0 Å². The number of halogens is 1. The lowest BCUT2D eigenvalue weighted by Gasteiger charge is -2.08. The molecule has 2 aromatic carbocycles. The Labute approximate surface area is 114 Å². The van der Waals surface area contributed by atoms with Crippen molar-refractivity contribution in [1.82, 2.24) is 4.57 Å². The number of carbonyl (C=O) groups is 1. The van der Waals surface area contributed by atoms with Crippen molar-refractivity contribution in [2.45, 2.75) is 6.92 Å². The molecule has 0 saturated carbocycles. The maximum Gasteiger partial charge on any atom is 0.352 e. The molecule has 100 valence electrons. The van der Waals surface area contributed by atoms with Crippen molar-refractivity contribution in [2.75, 3.05) is 0 Å². The third kappa shape index (κ3) is 1.86. The van der Waals surface area contributed by atoms with Gasteiger partial charge in [-0.25, -0.2) is 9.18 Å². The summed E-state index contributed by atoms with van der Waals surface area (Å²) in [6.07, 6.45) is 0. The summed E-state index contributed by atoms with van der Waals surface area (Å²) in [6.45, 7) is 1.93. The van der Waals surface area contributed by atoms with Crippen LogP contribution in [-0.2, 0) is 0 Å². The summed E-state index contributed by atoms with van der Waals surface area (Å²) < 4.78 is 14.7. The van der Waals surface area contributed by atoms with E-state index in [0.29, 0.717) is 5.69 Å². The van der Waals surface area contributed by atoms with Gasteiger partial charge in [0.05, 0.1) is 5.52 Å². The van der Waals surface area contributed by atoms with E-state index in [-0.39, 0.29) is 11.5 Å². The number of hydrogen-bond donors (Lipinski definition) is 1. The van der Waals surface area contributed by atoms with Crippen molar-refractivity contribution >= 4 is 16.9 Å². The second kappa shape index (κ2) is 4.49. The van der Waals surface area contributed by atoms with E-state index < -0.39 is 5.97 Å². The van der Waals surface area contributed by atoms with Crippen molar-refractivity contribution in [2.24, 2.45) is 0 Å². The van der Waals surface area contributed by atoms with Gasteiger partial charge in [-0.2, -0.15) is 0 Å². The standard InChI is InChI=1S/C16H12FNO2/c1-10-3-2-4-14-13(10)9-15(16(19)20)18(14)12-7-5-11(17)6-8-12/h2-9H,1H3,(H,19,20). The number of carboxylic acid groups (broad SMARTS) is 1. The summed E-state index contributed by atoms with van der Waals surface area (Å²) >= 11 is 0. The lowest BCUT2D eigenvalue weighted by atomic mass is 10.1. The number of aromatic nitrogens is 1. The highest BCUT2D eigenvalue weighted by molar-refractivity contribution is 5.97. The van der Waals surface area contributed by atoms with Gasteiger partial charge in [0.15, 0.2) is 0 Å². The van der Waals surface area contributed by atoms with Gasteiger partial charge < -0.3 is 9.67 Å². The highest BCUT2D eigenvalue weighted by Gasteiger charge is 2.16. The van der Waals surface area contributed by atoms with Crippen LogP contribution in [0.2, 0.25) is 0 Å². The molecule has 0 aliphatic carbocycles. The maximum atomic E-state index is 13.0. The fourth-order valence-electron chi connectivity index (χ4n) is 2.40. The van der Waals surface area contributed by atoms with Crippen molar-refractivity contribution in [1.29, 1.82) is 0 Å². The van der Waals surface area contributed by atoms with Crippen LogP contribution in [0.15, 0.2) is 48.5 Å². The first kappa shape index (κ1) is 12.4. The van der Waals surface area contributed by atoms with Gasteiger partial charge in [-0.05, 0) is 48.9 Å². The second-order valence-corrected chi connectivity index (χ2v) is 4.65. The predicted molar refractivity (Wildman–Crippen MR) is 74.9 cm³/mol. The van der Waals surface area contributed by atoms with Crippen molar-refractivity contribution in [3.63, 3.8) is 0 Å². The minimum absolute atomic E-state index is 0.168. The average molecular weight is 269 g/mol. The van der Waals surface area contributed by atoms with Crippen LogP contribution in [0.4, 0.5) is 4.39 Å². The Bertz CT molecular complexity index is 803. The Kier molecular flexibility index (Phi) is 2.79. The zero-order chi connectivity index (χ0) is 14.3. The molecule has 0 atom stereocenters. The van der Waals surface area contributed by atoms with Gasteiger partial charge in [0.25, 0.3) is 0 Å². The topological polar surface area (TPSA) is 42.2 Å². The first-order chi connectivity index (χ1) is 9.58. The van der Waals surface area contributed by atoms with E-state index in [0.717, 1.165) is 16.5 Å². The van der Waals surface area contributed by atoms with E-state index in [4.69, 9.17) is 0 Å². The predicted octanol–water partition coefficient (Wildman–Crippen LogP) is 3.78. The molecule has 1 aromatic heterocycles. The number of rotatable bonds is 2. The Balaban J connectivity index is 2.37. The van der Waals surface area contributed by atoms with Gasteiger partial charge >= 0.3 is 5.97 Å². The fourth-order valence-corrected chi connectivity index (χ4v) is 2.40. The molecule has 1 N–H and O–H groups in total. The van der Waals surface area contributed by atoms with Crippen LogP contribution in [-0.4, -0.2) is 15.6 Å². The van der Waals surface area contributed by atoms with Gasteiger partial charge in [0.2, 0.25) is 0 Å². The van der Waals surface area contributed by atoms with E-state index in [1.807, 2.05) is 25.1 Å². The Morgan fingerprint density at radius 3 is 2.50 bits per heavy atom. The molecule has 1 heterocycles. The fraction of sp³-hybridized carbons (Fsp3) is 0.0625. The summed E-state index contributed by atoms with van der Waals surface area (Å²) in [5.74, 6) is -1.36. The summed E-state index contributed by atoms with van der Waals surface area (Å²) in [7, 11) is 0. The quantitative estimate of drug-likeness (QED) is 0.769. The number of aryl methyl sites for hydroxylation is 1. The first-order valence-electron chi connectivity index (χ1n) is 6.18. The molecule has 0 saturated heterocycles. The smallest absolute Gasteiger partial charge is 0.352 e. The molecule has 3 aromatic rings. The number of carboxylic acids is 1. The van der Waals surface area contributed by atoms with Gasteiger partial charge in [-0.15, -0.1) is 0 Å². The van der Waals surface area contributed by atoms with E-state index in [1.165, 1.54) is 12.1 Å². The van der Waals surface area contributed by atoms with Crippen molar-refractivity contribution in [3.05, 3.63) is 65.6 Å². The Hall–Kier alpha value is -2.62. The van der Waals surface area contributed by atoms with Crippen LogP contribution in [0.3, 0.4) is 0 Å². The van der Waals surface area contributed by atoms with Crippen LogP contribution < -0.4 is 0 Å². The molecular formula is C16H12FNO2. The van der Waals surface area contributed by atoms with Crippen LogP contribution in [0.1, 0.15) is 16.1 Å². The van der Waals surface area contributed by atoms with E-state index in [2.05, 4.69) is 0 Å². The highest BCUT2D eigenvalue weighted by Crippen LogP contribution is 2.27. The van der Waals surface area contributed by atoms with Crippen LogP contribution in [0.5, 0.6) is 0 Å². The third-order valence-electron chi connectivity index (χ3n) is 3.37. The lowest BCUT2D eigenvalue weighted by molar-refractivity contribution is 0.0688. The third-order valence-corrected chi connectivity index (χ3v) is 3.37. The molecule has 0 fully saturated rings. The Morgan fingerprint density at radius 2 is 1.85 bits per heavy atom. The van der Waals surface area contributed by atoms with Crippen molar-refractivity contribution < 1.29 is 14.3 Å². The van der Waals surface area contributed by atoms with E-state index >= 15 is 0 Å². The molecule has 3 nitrogen and oxygen atoms in total. The minimum Gasteiger partial charge on any atom is -0.477 e. The van der Waals surface area contributed by atoms with Crippen molar-refractivity contribution in [3.8, 4) is 5.69 Å². The number of benzene rings is 2. The number of hydrogen-bond acceptors (Lipinski definition) is 1. The molecule has 20 heavy (non-hydrogen) atoms. The Morgan fingerprint density at radius 1 is 1.15 bits per heavy atom. The molecule has 3 rings (SSSR count). The zero-order valence-corrected chi connectivity index (χ0v) is 10.8. The van der Waals surface area contributed by atoms with Gasteiger partial charge in [0, 0.05) is 11.1 Å². The first-order valence-corrected chi connectivity index (χ1v) is 6.18. The molecule has 0 amide bonds. The zero-order valence-electron chi connectivity index (χ0n) is 10.8. The minimum atomic E-state index is -1.01. The maximum absolute atomic E-state index is 13.0. The van der Waals surface area contributed by atoms with Crippen LogP contribution in [0, 0.1) is 12.7 Å². The monoisotopic (exact) mass is 269 g/mol. The van der Waals surface area contributed by atoms with Gasteiger partial charge in [-0.3, -0.25) is 0 Å². The summed E-state index contributed by atoms with van der Waals surface area (Å²) in [4.78, 5) is 11.4. The largest absolute Gasteiger partial charge is 0.477 e. The highest BCUT2D eigenvalue weighted by atomic mass is 19.1. The normalized spacial score (nSPS) is 10.9. The summed E-state index contributed by atoms with van der Waals surface area (Å²) in [6, 6.07) is 13.1. The molecule has 0 radical (unpaired) electrons. The van der Waals surface area contributed by atoms with Gasteiger partial charge in [-0.1, -0.05) is 12.1 Å². The molecule has 0 aliphatic heterocycles. The van der Waals surface area contributed by atoms with E-state index in [1.54, 1.807) is 22.8 Å². The number of aromatic carboxylic acids is 1. The molecular weight excluding hydrogens is 257 g/mol. The van der Waals surface area contributed by atoms with Gasteiger partial charge in [0.1, 0.15) is 11.5 Å². The molecule has 0 spiro atoms. The summed E-state index contributed by atoms with van der Waals surface area (Å²) in [5.41, 5.74) is 2.60. The molecule has 0 aliphatic rings.